The number of nitrogens with one attached hydrogen (secondary N) is 1. The zero-order chi connectivity index (χ0) is 15.4. The van der Waals surface area contributed by atoms with Crippen molar-refractivity contribution in [3.8, 4) is 6.07 Å². The topological polar surface area (TPSA) is 79.0 Å². The molecule has 2 aromatic carbocycles. The molecule has 0 unspecified atom stereocenters. The quantitative estimate of drug-likeness (QED) is 0.638. The third-order valence-corrected chi connectivity index (χ3v) is 3.64. The van der Waals surface area contributed by atoms with Gasteiger partial charge in [0.2, 0.25) is 0 Å². The molecule has 2 rings (SSSR count). The van der Waals surface area contributed by atoms with E-state index < -0.39 is 4.92 Å². The van der Waals surface area contributed by atoms with Gasteiger partial charge in [0.05, 0.1) is 15.5 Å². The van der Waals surface area contributed by atoms with Crippen molar-refractivity contribution in [2.45, 2.75) is 6.54 Å². The molecule has 5 nitrogen and oxygen atoms in total. The van der Waals surface area contributed by atoms with Crippen LogP contribution in [0.4, 0.5) is 11.4 Å². The Bertz CT molecular complexity index is 743. The smallest absolute Gasteiger partial charge is 0.275 e. The molecule has 1 N–H and O–H groups in total. The first-order valence-electron chi connectivity index (χ1n) is 5.87. The Morgan fingerprint density at radius 3 is 2.76 bits per heavy atom. The minimum Gasteiger partial charge on any atom is -0.381 e. The Kier molecular flexibility index (Phi) is 4.78. The molecule has 0 bridgehead atoms. The Balaban J connectivity index is 2.21. The van der Waals surface area contributed by atoms with Crippen LogP contribution in [0.25, 0.3) is 0 Å². The van der Waals surface area contributed by atoms with E-state index >= 15 is 0 Å². The van der Waals surface area contributed by atoms with E-state index in [1.54, 1.807) is 30.3 Å². The molecule has 0 aromatic heterocycles. The average molecular weight is 367 g/mol. The molecule has 0 spiro atoms. The highest BCUT2D eigenvalue weighted by molar-refractivity contribution is 9.10. The van der Waals surface area contributed by atoms with Gasteiger partial charge in [-0.25, -0.2) is 0 Å². The molecule has 21 heavy (non-hydrogen) atoms. The summed E-state index contributed by atoms with van der Waals surface area (Å²) in [5.41, 5.74) is 1.61. The molecule has 0 aliphatic rings. The highest BCUT2D eigenvalue weighted by atomic mass is 79.9. The molecule has 0 saturated heterocycles. The molecule has 0 saturated carbocycles. The summed E-state index contributed by atoms with van der Waals surface area (Å²) in [6, 6.07) is 11.8. The summed E-state index contributed by atoms with van der Waals surface area (Å²) in [4.78, 5) is 10.6. The number of hydrogen-bond acceptors (Lipinski definition) is 4. The van der Waals surface area contributed by atoms with Gasteiger partial charge in [-0.3, -0.25) is 10.1 Å². The number of nitro groups is 1. The molecule has 0 atom stereocenters. The predicted octanol–water partition coefficient (Wildman–Crippen LogP) is 4.49. The fourth-order valence-electron chi connectivity index (χ4n) is 1.77. The lowest BCUT2D eigenvalue weighted by Crippen LogP contribution is -2.03. The van der Waals surface area contributed by atoms with Gasteiger partial charge in [-0.2, -0.15) is 5.26 Å². The van der Waals surface area contributed by atoms with Gasteiger partial charge in [0.15, 0.2) is 0 Å². The summed E-state index contributed by atoms with van der Waals surface area (Å²) >= 11 is 9.06. The van der Waals surface area contributed by atoms with Crippen molar-refractivity contribution < 1.29 is 4.92 Å². The molecular formula is C14H9BrClN3O2. The van der Waals surface area contributed by atoms with Crippen molar-refractivity contribution in [1.29, 1.82) is 5.26 Å². The number of nitriles is 1. The van der Waals surface area contributed by atoms with Crippen molar-refractivity contribution in [3.63, 3.8) is 0 Å². The summed E-state index contributed by atoms with van der Waals surface area (Å²) in [6.07, 6.45) is 0. The van der Waals surface area contributed by atoms with E-state index in [0.29, 0.717) is 26.3 Å². The van der Waals surface area contributed by atoms with E-state index in [0.717, 1.165) is 0 Å². The van der Waals surface area contributed by atoms with Gasteiger partial charge in [0.1, 0.15) is 6.07 Å². The van der Waals surface area contributed by atoms with Crippen molar-refractivity contribution >= 4 is 38.9 Å². The van der Waals surface area contributed by atoms with E-state index in [1.165, 1.54) is 6.07 Å². The number of hydrogen-bond donors (Lipinski definition) is 1. The maximum Gasteiger partial charge on any atom is 0.275 e. The summed E-state index contributed by atoms with van der Waals surface area (Å²) in [6.45, 7) is 0.274. The van der Waals surface area contributed by atoms with E-state index in [2.05, 4.69) is 21.2 Å². The number of benzene rings is 2. The molecular weight excluding hydrogens is 358 g/mol. The van der Waals surface area contributed by atoms with Gasteiger partial charge < -0.3 is 5.32 Å². The van der Waals surface area contributed by atoms with E-state index in [1.807, 2.05) is 6.07 Å². The van der Waals surface area contributed by atoms with Gasteiger partial charge in [0, 0.05) is 28.3 Å². The van der Waals surface area contributed by atoms with Gasteiger partial charge in [0.25, 0.3) is 5.69 Å². The fraction of sp³-hybridized carbons (Fsp3) is 0.0714. The molecule has 0 fully saturated rings. The number of nitro benzene ring substituents is 1. The summed E-state index contributed by atoms with van der Waals surface area (Å²) in [5.74, 6) is 0. The summed E-state index contributed by atoms with van der Waals surface area (Å²) < 4.78 is 0.649. The highest BCUT2D eigenvalue weighted by Crippen LogP contribution is 2.25. The minimum absolute atomic E-state index is 0.0337. The van der Waals surface area contributed by atoms with Crippen LogP contribution in [0, 0.1) is 21.4 Å². The van der Waals surface area contributed by atoms with Crippen molar-refractivity contribution in [3.05, 3.63) is 67.1 Å². The maximum absolute atomic E-state index is 11.0. The lowest BCUT2D eigenvalue weighted by atomic mass is 10.1. The number of anilines is 1. The zero-order valence-electron chi connectivity index (χ0n) is 10.6. The largest absolute Gasteiger partial charge is 0.381 e. The predicted molar refractivity (Wildman–Crippen MR) is 84.3 cm³/mol. The van der Waals surface area contributed by atoms with Crippen LogP contribution < -0.4 is 5.32 Å². The Hall–Kier alpha value is -2.10. The van der Waals surface area contributed by atoms with Crippen LogP contribution >= 0.6 is 27.5 Å². The lowest BCUT2D eigenvalue weighted by molar-refractivity contribution is -0.385. The Morgan fingerprint density at radius 1 is 1.33 bits per heavy atom. The third kappa shape index (κ3) is 3.72. The van der Waals surface area contributed by atoms with Gasteiger partial charge >= 0.3 is 0 Å². The highest BCUT2D eigenvalue weighted by Gasteiger charge is 2.13. The van der Waals surface area contributed by atoms with Crippen molar-refractivity contribution in [2.75, 3.05) is 5.32 Å². The molecule has 2 aromatic rings. The molecule has 0 radical (unpaired) electrons. The van der Waals surface area contributed by atoms with Crippen LogP contribution in [0.5, 0.6) is 0 Å². The van der Waals surface area contributed by atoms with Crippen LogP contribution in [0.3, 0.4) is 0 Å². The maximum atomic E-state index is 11.0. The average Bonchev–Trinajstić information content (AvgIpc) is 2.47. The SMILES string of the molecule is N#Cc1cc(NCc2ccc(Br)cc2[N+](=O)[O-])ccc1Cl. The van der Waals surface area contributed by atoms with Crippen molar-refractivity contribution in [1.82, 2.24) is 0 Å². The monoisotopic (exact) mass is 365 g/mol. The number of halogens is 2. The van der Waals surface area contributed by atoms with Gasteiger partial charge in [-0.15, -0.1) is 0 Å². The van der Waals surface area contributed by atoms with Gasteiger partial charge in [-0.1, -0.05) is 27.5 Å². The Labute approximate surface area is 134 Å². The van der Waals surface area contributed by atoms with Crippen LogP contribution in [-0.2, 0) is 6.54 Å². The molecule has 0 aliphatic carbocycles. The van der Waals surface area contributed by atoms with Crippen LogP contribution in [0.15, 0.2) is 40.9 Å². The number of rotatable bonds is 4. The zero-order valence-corrected chi connectivity index (χ0v) is 13.0. The lowest BCUT2D eigenvalue weighted by Gasteiger charge is -2.08. The minimum atomic E-state index is -0.426. The van der Waals surface area contributed by atoms with Crippen LogP contribution in [-0.4, -0.2) is 4.92 Å². The van der Waals surface area contributed by atoms with Gasteiger partial charge in [-0.05, 0) is 30.3 Å². The molecule has 106 valence electrons. The van der Waals surface area contributed by atoms with E-state index in [-0.39, 0.29) is 12.2 Å². The second-order valence-electron chi connectivity index (χ2n) is 4.19. The second kappa shape index (κ2) is 6.57. The molecule has 0 aliphatic heterocycles. The first-order chi connectivity index (χ1) is 10.0. The normalized spacial score (nSPS) is 9.95. The van der Waals surface area contributed by atoms with E-state index in [4.69, 9.17) is 16.9 Å². The van der Waals surface area contributed by atoms with Crippen LogP contribution in [0.1, 0.15) is 11.1 Å². The first-order valence-corrected chi connectivity index (χ1v) is 7.04. The molecule has 7 heteroatoms. The third-order valence-electron chi connectivity index (χ3n) is 2.81. The Morgan fingerprint density at radius 2 is 2.10 bits per heavy atom. The fourth-order valence-corrected chi connectivity index (χ4v) is 2.28. The molecule has 0 heterocycles. The van der Waals surface area contributed by atoms with Crippen LogP contribution in [0.2, 0.25) is 5.02 Å². The molecule has 0 amide bonds. The number of nitrogens with zero attached hydrogens (tertiary/aromatic N) is 2. The summed E-state index contributed by atoms with van der Waals surface area (Å²) in [7, 11) is 0. The summed E-state index contributed by atoms with van der Waals surface area (Å²) in [5, 5.41) is 23.4. The second-order valence-corrected chi connectivity index (χ2v) is 5.51. The first kappa shape index (κ1) is 15.3. The standard InChI is InChI=1S/C14H9BrClN3O2/c15-11-2-1-9(14(6-11)19(20)21)8-18-12-3-4-13(16)10(5-12)7-17/h1-6,18H,8H2. The van der Waals surface area contributed by atoms with E-state index in [9.17, 15) is 10.1 Å². The van der Waals surface area contributed by atoms with Crippen molar-refractivity contribution in [2.24, 2.45) is 0 Å².